The summed E-state index contributed by atoms with van der Waals surface area (Å²) in [5.74, 6) is -1.60. The van der Waals surface area contributed by atoms with Crippen LogP contribution in [0.2, 0.25) is 0 Å². The molecule has 0 spiro atoms. The van der Waals surface area contributed by atoms with Crippen molar-refractivity contribution in [3.05, 3.63) is 47.8 Å². The number of ether oxygens (including phenoxy) is 1. The Bertz CT molecular complexity index is 972. The number of hydrogen-bond donors (Lipinski definition) is 1. The molecule has 0 atom stereocenters. The zero-order valence-electron chi connectivity index (χ0n) is 19.2. The minimum atomic E-state index is -1.21. The van der Waals surface area contributed by atoms with E-state index in [0.717, 1.165) is 25.7 Å². The third-order valence-corrected chi connectivity index (χ3v) is 6.07. The second-order valence-corrected chi connectivity index (χ2v) is 8.73. The van der Waals surface area contributed by atoms with Crippen LogP contribution in [0.25, 0.3) is 5.69 Å². The molecule has 0 bridgehead atoms. The molecular formula is C25H32N2O5. The zero-order chi connectivity index (χ0) is 23.4. The number of carbonyl (C=O) groups excluding carboxylic acids is 2. The molecule has 2 aromatic rings. The van der Waals surface area contributed by atoms with Crippen molar-refractivity contribution in [3.8, 4) is 5.69 Å². The molecule has 0 aliphatic heterocycles. The maximum atomic E-state index is 13.7. The van der Waals surface area contributed by atoms with Gasteiger partial charge in [0.05, 0.1) is 12.3 Å². The highest BCUT2D eigenvalue weighted by molar-refractivity contribution is 6.10. The van der Waals surface area contributed by atoms with Crippen LogP contribution >= 0.6 is 0 Å². The first-order valence-electron chi connectivity index (χ1n) is 11.3. The van der Waals surface area contributed by atoms with E-state index in [9.17, 15) is 19.5 Å². The number of anilines is 1. The topological polar surface area (TPSA) is 88.8 Å². The Balaban J connectivity index is 2.20. The van der Waals surface area contributed by atoms with E-state index in [0.29, 0.717) is 11.6 Å². The van der Waals surface area contributed by atoms with Crippen LogP contribution in [0.15, 0.2) is 36.5 Å². The number of carboxylic acids is 1. The van der Waals surface area contributed by atoms with Gasteiger partial charge in [0.15, 0.2) is 5.69 Å². The first kappa shape index (κ1) is 23.6. The van der Waals surface area contributed by atoms with Crippen LogP contribution in [0.4, 0.5) is 5.69 Å². The number of benzene rings is 1. The Morgan fingerprint density at radius 1 is 1.12 bits per heavy atom. The number of carbonyl (C=O) groups is 3. The van der Waals surface area contributed by atoms with Crippen LogP contribution in [0.3, 0.4) is 0 Å². The second-order valence-electron chi connectivity index (χ2n) is 8.73. The molecule has 1 amide bonds. The van der Waals surface area contributed by atoms with Gasteiger partial charge in [0.1, 0.15) is 5.56 Å². The number of aromatic nitrogens is 1. The maximum absolute atomic E-state index is 13.7. The molecule has 0 radical (unpaired) electrons. The molecule has 0 saturated heterocycles. The van der Waals surface area contributed by atoms with Gasteiger partial charge >= 0.3 is 11.9 Å². The summed E-state index contributed by atoms with van der Waals surface area (Å²) >= 11 is 0. The zero-order valence-corrected chi connectivity index (χ0v) is 19.2. The number of amides is 1. The summed E-state index contributed by atoms with van der Waals surface area (Å²) < 4.78 is 6.69. The summed E-state index contributed by atoms with van der Waals surface area (Å²) in [5.41, 5.74) is 0.660. The minimum absolute atomic E-state index is 0.0827. The molecule has 1 heterocycles. The quantitative estimate of drug-likeness (QED) is 0.617. The molecule has 1 aliphatic carbocycles. The largest absolute Gasteiger partial charge is 0.476 e. The fourth-order valence-electron chi connectivity index (χ4n) is 4.42. The van der Waals surface area contributed by atoms with E-state index >= 15 is 0 Å². The van der Waals surface area contributed by atoms with Gasteiger partial charge < -0.3 is 19.3 Å². The van der Waals surface area contributed by atoms with Gasteiger partial charge in [-0.15, -0.1) is 0 Å². The van der Waals surface area contributed by atoms with Gasteiger partial charge in [0, 0.05) is 23.8 Å². The highest BCUT2D eigenvalue weighted by Crippen LogP contribution is 2.36. The van der Waals surface area contributed by atoms with Crippen molar-refractivity contribution in [1.29, 1.82) is 0 Å². The molecular weight excluding hydrogens is 408 g/mol. The summed E-state index contributed by atoms with van der Waals surface area (Å²) in [7, 11) is 0. The number of rotatable bonds is 7. The number of aromatic carboxylic acids is 1. The van der Waals surface area contributed by atoms with Crippen LogP contribution in [0.1, 0.15) is 74.2 Å². The Hall–Kier alpha value is -3.09. The smallest absolute Gasteiger partial charge is 0.355 e. The van der Waals surface area contributed by atoms with Crippen LogP contribution in [-0.2, 0) is 9.53 Å². The Morgan fingerprint density at radius 2 is 1.75 bits per heavy atom. The van der Waals surface area contributed by atoms with E-state index in [1.54, 1.807) is 31.2 Å². The predicted octanol–water partition coefficient (Wildman–Crippen LogP) is 4.92. The number of esters is 1. The number of carboxylic acid groups (broad SMARTS) is 1. The lowest BCUT2D eigenvalue weighted by atomic mass is 9.82. The first-order chi connectivity index (χ1) is 15.3. The SMILES string of the molecule is CCOC(=O)c1cn(-c2ccccc2)c(C(=O)O)c1N(C(=O)C1CCC(C)CC1)C(C)C. The molecule has 32 heavy (non-hydrogen) atoms. The molecule has 0 unspecified atom stereocenters. The fourth-order valence-corrected chi connectivity index (χ4v) is 4.42. The van der Waals surface area contributed by atoms with Crippen molar-refractivity contribution in [2.24, 2.45) is 11.8 Å². The van der Waals surface area contributed by atoms with Gasteiger partial charge in [-0.1, -0.05) is 25.1 Å². The molecule has 1 saturated carbocycles. The molecule has 1 aromatic heterocycles. The highest BCUT2D eigenvalue weighted by atomic mass is 16.5. The molecule has 172 valence electrons. The average Bonchev–Trinajstić information content (AvgIpc) is 3.15. The molecule has 1 aromatic carbocycles. The van der Waals surface area contributed by atoms with E-state index in [4.69, 9.17) is 4.74 Å². The van der Waals surface area contributed by atoms with E-state index in [1.165, 1.54) is 15.7 Å². The van der Waals surface area contributed by atoms with Crippen LogP contribution in [0, 0.1) is 11.8 Å². The van der Waals surface area contributed by atoms with Gasteiger partial charge in [-0.2, -0.15) is 0 Å². The van der Waals surface area contributed by atoms with Crippen molar-refractivity contribution in [2.45, 2.75) is 59.4 Å². The van der Waals surface area contributed by atoms with Crippen molar-refractivity contribution < 1.29 is 24.2 Å². The highest BCUT2D eigenvalue weighted by Gasteiger charge is 2.37. The van der Waals surface area contributed by atoms with E-state index in [-0.39, 0.29) is 41.4 Å². The Morgan fingerprint density at radius 3 is 2.28 bits per heavy atom. The molecule has 1 fully saturated rings. The predicted molar refractivity (Wildman–Crippen MR) is 122 cm³/mol. The molecule has 1 N–H and O–H groups in total. The van der Waals surface area contributed by atoms with Gasteiger partial charge in [-0.05, 0) is 64.5 Å². The fraction of sp³-hybridized carbons (Fsp3) is 0.480. The van der Waals surface area contributed by atoms with E-state index in [2.05, 4.69) is 6.92 Å². The normalized spacial score (nSPS) is 18.4. The van der Waals surface area contributed by atoms with Crippen molar-refractivity contribution >= 4 is 23.5 Å². The standard InChI is InChI=1S/C25H32N2O5/c1-5-32-25(31)20-15-26(19-9-7-6-8-10-19)22(24(29)30)21(20)27(16(2)3)23(28)18-13-11-17(4)12-14-18/h6-10,15-18H,5,11-14H2,1-4H3,(H,29,30). The molecule has 1 aliphatic rings. The van der Waals surface area contributed by atoms with Crippen molar-refractivity contribution in [1.82, 2.24) is 4.57 Å². The monoisotopic (exact) mass is 440 g/mol. The van der Waals surface area contributed by atoms with Crippen LogP contribution < -0.4 is 4.90 Å². The lowest BCUT2D eigenvalue weighted by molar-refractivity contribution is -0.123. The van der Waals surface area contributed by atoms with Crippen molar-refractivity contribution in [3.63, 3.8) is 0 Å². The molecule has 3 rings (SSSR count). The van der Waals surface area contributed by atoms with Crippen LogP contribution in [-0.4, -0.2) is 40.2 Å². The molecule has 7 nitrogen and oxygen atoms in total. The lowest BCUT2D eigenvalue weighted by Crippen LogP contribution is -2.43. The number of para-hydroxylation sites is 1. The van der Waals surface area contributed by atoms with Crippen molar-refractivity contribution in [2.75, 3.05) is 11.5 Å². The Labute approximate surface area is 189 Å². The van der Waals surface area contributed by atoms with E-state index in [1.807, 2.05) is 19.9 Å². The van der Waals surface area contributed by atoms with Gasteiger partial charge in [0.2, 0.25) is 5.91 Å². The summed E-state index contributed by atoms with van der Waals surface area (Å²) in [5, 5.41) is 10.2. The number of hydrogen-bond acceptors (Lipinski definition) is 4. The first-order valence-corrected chi connectivity index (χ1v) is 11.3. The lowest BCUT2D eigenvalue weighted by Gasteiger charge is -2.34. The number of nitrogens with zero attached hydrogens (tertiary/aromatic N) is 2. The third-order valence-electron chi connectivity index (χ3n) is 6.07. The molecule has 7 heteroatoms. The van der Waals surface area contributed by atoms with Gasteiger partial charge in [-0.25, -0.2) is 9.59 Å². The average molecular weight is 441 g/mol. The minimum Gasteiger partial charge on any atom is -0.476 e. The van der Waals surface area contributed by atoms with Gasteiger partial charge in [-0.3, -0.25) is 4.79 Å². The summed E-state index contributed by atoms with van der Waals surface area (Å²) in [4.78, 5) is 40.5. The summed E-state index contributed by atoms with van der Waals surface area (Å²) in [6.45, 7) is 7.70. The Kier molecular flexibility index (Phi) is 7.38. The summed E-state index contributed by atoms with van der Waals surface area (Å²) in [6, 6.07) is 8.59. The van der Waals surface area contributed by atoms with E-state index < -0.39 is 11.9 Å². The maximum Gasteiger partial charge on any atom is 0.355 e. The van der Waals surface area contributed by atoms with Crippen LogP contribution in [0.5, 0.6) is 0 Å². The van der Waals surface area contributed by atoms with Gasteiger partial charge in [0.25, 0.3) is 0 Å². The second kappa shape index (κ2) is 10.0. The summed E-state index contributed by atoms with van der Waals surface area (Å²) in [6.07, 6.45) is 4.92. The third kappa shape index (κ3) is 4.71.